The Morgan fingerprint density at radius 3 is 2.65 bits per heavy atom. The van der Waals surface area contributed by atoms with Gasteiger partial charge < -0.3 is 4.74 Å². The molecular formula is C15H16Cl2O3. The maximum atomic E-state index is 12.2. The number of hydrogen-bond acceptors (Lipinski definition) is 3. The van der Waals surface area contributed by atoms with Crippen LogP contribution in [-0.4, -0.2) is 18.4 Å². The van der Waals surface area contributed by atoms with E-state index in [-0.39, 0.29) is 23.6 Å². The average molecular weight is 315 g/mol. The van der Waals surface area contributed by atoms with Crippen LogP contribution in [0.15, 0.2) is 18.2 Å². The predicted molar refractivity (Wildman–Crippen MR) is 78.3 cm³/mol. The molecule has 0 amide bonds. The third-order valence-electron chi connectivity index (χ3n) is 3.38. The fourth-order valence-corrected chi connectivity index (χ4v) is 2.33. The number of carbonyl (C=O) groups is 2. The van der Waals surface area contributed by atoms with E-state index in [1.54, 1.807) is 18.2 Å². The molecule has 1 saturated carbocycles. The molecule has 1 aliphatic carbocycles. The van der Waals surface area contributed by atoms with Crippen molar-refractivity contribution in [3.8, 4) is 0 Å². The minimum Gasteiger partial charge on any atom is -0.465 e. The van der Waals surface area contributed by atoms with Gasteiger partial charge in [-0.15, -0.1) is 0 Å². The van der Waals surface area contributed by atoms with Gasteiger partial charge in [-0.3, -0.25) is 9.59 Å². The van der Waals surface area contributed by atoms with Crippen LogP contribution in [-0.2, 0) is 9.53 Å². The molecule has 5 heteroatoms. The maximum absolute atomic E-state index is 12.2. The van der Waals surface area contributed by atoms with Crippen LogP contribution in [0.3, 0.4) is 0 Å². The number of benzene rings is 1. The number of carbonyl (C=O) groups excluding carboxylic acids is 2. The molecule has 20 heavy (non-hydrogen) atoms. The number of halogens is 2. The van der Waals surface area contributed by atoms with Gasteiger partial charge in [-0.25, -0.2) is 0 Å². The largest absolute Gasteiger partial charge is 0.465 e. The van der Waals surface area contributed by atoms with Crippen LogP contribution in [0.5, 0.6) is 0 Å². The summed E-state index contributed by atoms with van der Waals surface area (Å²) >= 11 is 11.7. The topological polar surface area (TPSA) is 43.4 Å². The summed E-state index contributed by atoms with van der Waals surface area (Å²) in [6.45, 7) is 2.46. The maximum Gasteiger partial charge on any atom is 0.309 e. The molecule has 0 radical (unpaired) electrons. The number of hydrogen-bond donors (Lipinski definition) is 0. The average Bonchev–Trinajstić information content (AvgIpc) is 3.21. The Morgan fingerprint density at radius 2 is 2.00 bits per heavy atom. The third-order valence-corrected chi connectivity index (χ3v) is 4.12. The van der Waals surface area contributed by atoms with Crippen LogP contribution in [0.2, 0.25) is 10.0 Å². The van der Waals surface area contributed by atoms with Crippen molar-refractivity contribution in [1.82, 2.24) is 0 Å². The van der Waals surface area contributed by atoms with Gasteiger partial charge in [0.1, 0.15) is 0 Å². The number of ketones is 1. The lowest BCUT2D eigenvalue weighted by Gasteiger charge is -2.04. The lowest BCUT2D eigenvalue weighted by atomic mass is 10.1. The molecule has 0 aliphatic heterocycles. The fraction of sp³-hybridized carbons (Fsp3) is 0.467. The van der Waals surface area contributed by atoms with Crippen LogP contribution in [0.4, 0.5) is 0 Å². The van der Waals surface area contributed by atoms with Crippen molar-refractivity contribution in [2.75, 3.05) is 6.61 Å². The van der Waals surface area contributed by atoms with Gasteiger partial charge in [0.15, 0.2) is 5.78 Å². The van der Waals surface area contributed by atoms with Crippen molar-refractivity contribution in [3.05, 3.63) is 33.8 Å². The molecule has 0 aromatic heterocycles. The summed E-state index contributed by atoms with van der Waals surface area (Å²) in [4.78, 5) is 23.9. The second-order valence-corrected chi connectivity index (χ2v) is 5.78. The summed E-state index contributed by atoms with van der Waals surface area (Å²) in [7, 11) is 0. The normalized spacial score (nSPS) is 20.6. The second kappa shape index (κ2) is 6.59. The van der Waals surface area contributed by atoms with E-state index in [0.717, 1.165) is 12.8 Å². The Morgan fingerprint density at radius 1 is 1.25 bits per heavy atom. The van der Waals surface area contributed by atoms with Gasteiger partial charge in [0.25, 0.3) is 0 Å². The summed E-state index contributed by atoms with van der Waals surface area (Å²) in [5.41, 5.74) is 0.494. The Kier molecular flexibility index (Phi) is 5.06. The molecule has 1 aromatic carbocycles. The van der Waals surface area contributed by atoms with E-state index in [1.165, 1.54) is 0 Å². The second-order valence-electron chi connectivity index (χ2n) is 4.96. The van der Waals surface area contributed by atoms with Crippen molar-refractivity contribution < 1.29 is 14.3 Å². The molecule has 1 fully saturated rings. The molecule has 108 valence electrons. The van der Waals surface area contributed by atoms with Crippen molar-refractivity contribution >= 4 is 35.0 Å². The Hall–Kier alpha value is -1.06. The quantitative estimate of drug-likeness (QED) is 0.450. The first kappa shape index (κ1) is 15.3. The first-order valence-electron chi connectivity index (χ1n) is 6.70. The molecule has 0 N–H and O–H groups in total. The van der Waals surface area contributed by atoms with Crippen LogP contribution in [0, 0.1) is 11.8 Å². The molecule has 0 unspecified atom stereocenters. The summed E-state index contributed by atoms with van der Waals surface area (Å²) in [5.74, 6) is -0.909. The smallest absolute Gasteiger partial charge is 0.309 e. The van der Waals surface area contributed by atoms with E-state index in [9.17, 15) is 9.59 Å². The zero-order valence-corrected chi connectivity index (χ0v) is 12.7. The highest BCUT2D eigenvalue weighted by Gasteiger charge is 2.49. The monoisotopic (exact) mass is 314 g/mol. The number of ether oxygens (including phenoxy) is 1. The van der Waals surface area contributed by atoms with Crippen molar-refractivity contribution in [3.63, 3.8) is 0 Å². The van der Waals surface area contributed by atoms with Gasteiger partial charge in [0.2, 0.25) is 0 Å². The first-order valence-corrected chi connectivity index (χ1v) is 7.46. The zero-order valence-electron chi connectivity index (χ0n) is 11.2. The van der Waals surface area contributed by atoms with Gasteiger partial charge >= 0.3 is 5.97 Å². The summed E-state index contributed by atoms with van der Waals surface area (Å²) in [5, 5.41) is 0.759. The van der Waals surface area contributed by atoms with Crippen molar-refractivity contribution in [1.29, 1.82) is 0 Å². The van der Waals surface area contributed by atoms with E-state index >= 15 is 0 Å². The van der Waals surface area contributed by atoms with Crippen LogP contribution in [0.1, 0.15) is 36.5 Å². The number of Topliss-reactive ketones (excluding diaryl/α,β-unsaturated/α-hetero) is 1. The molecule has 0 saturated heterocycles. The molecule has 2 rings (SSSR count). The Balaban J connectivity index is 1.92. The van der Waals surface area contributed by atoms with Crippen LogP contribution in [0.25, 0.3) is 0 Å². The van der Waals surface area contributed by atoms with E-state index in [1.807, 2.05) is 6.92 Å². The molecule has 0 spiro atoms. The Bertz CT molecular complexity index is 528. The van der Waals surface area contributed by atoms with Crippen molar-refractivity contribution in [2.45, 2.75) is 26.2 Å². The zero-order chi connectivity index (χ0) is 14.7. The predicted octanol–water partition coefficient (Wildman–Crippen LogP) is 4.16. The van der Waals surface area contributed by atoms with E-state index in [4.69, 9.17) is 27.9 Å². The molecule has 0 heterocycles. The highest BCUT2D eigenvalue weighted by molar-refractivity contribution is 6.42. The summed E-state index contributed by atoms with van der Waals surface area (Å²) in [6.07, 6.45) is 2.39. The van der Waals surface area contributed by atoms with Gasteiger partial charge in [0.05, 0.1) is 22.6 Å². The first-order chi connectivity index (χ1) is 9.54. The summed E-state index contributed by atoms with van der Waals surface area (Å²) < 4.78 is 5.13. The van der Waals surface area contributed by atoms with E-state index in [2.05, 4.69) is 0 Å². The van der Waals surface area contributed by atoms with Gasteiger partial charge in [-0.1, -0.05) is 36.5 Å². The molecule has 1 aliphatic rings. The van der Waals surface area contributed by atoms with Crippen LogP contribution < -0.4 is 0 Å². The van der Waals surface area contributed by atoms with Gasteiger partial charge in [0, 0.05) is 11.5 Å². The van der Waals surface area contributed by atoms with Gasteiger partial charge in [-0.2, -0.15) is 0 Å². The summed E-state index contributed by atoms with van der Waals surface area (Å²) in [6, 6.07) is 4.77. The molecule has 1 aromatic rings. The molecule has 0 bridgehead atoms. The number of unbranched alkanes of at least 4 members (excludes halogenated alkanes) is 1. The number of rotatable bonds is 6. The van der Waals surface area contributed by atoms with Crippen molar-refractivity contribution in [2.24, 2.45) is 11.8 Å². The van der Waals surface area contributed by atoms with E-state index < -0.39 is 0 Å². The minimum atomic E-state index is -0.297. The highest BCUT2D eigenvalue weighted by Crippen LogP contribution is 2.42. The standard InChI is InChI=1S/C15H16Cl2O3/c1-2-3-6-20-15(19)11-8-10(11)14(18)9-4-5-12(16)13(17)7-9/h4-5,7,10-11H,2-3,6,8H2,1H3/t10-,11-/m0/s1. The fourth-order valence-electron chi connectivity index (χ4n) is 2.03. The van der Waals surface area contributed by atoms with Gasteiger partial charge in [-0.05, 0) is 31.0 Å². The molecular weight excluding hydrogens is 299 g/mol. The van der Waals surface area contributed by atoms with Crippen LogP contribution >= 0.6 is 23.2 Å². The lowest BCUT2D eigenvalue weighted by molar-refractivity contribution is -0.145. The molecule has 3 nitrogen and oxygen atoms in total. The highest BCUT2D eigenvalue weighted by atomic mass is 35.5. The Labute approximate surface area is 128 Å². The van der Waals surface area contributed by atoms with E-state index in [0.29, 0.717) is 28.6 Å². The lowest BCUT2D eigenvalue weighted by Crippen LogP contribution is -2.12. The number of esters is 1. The minimum absolute atomic E-state index is 0.0685. The third kappa shape index (κ3) is 3.53. The SMILES string of the molecule is CCCCOC(=O)[C@H]1C[C@@H]1C(=O)c1ccc(Cl)c(Cl)c1. The molecule has 2 atom stereocenters.